The largest absolute Gasteiger partial charge is 0.454 e. The SMILES string of the molecule is NC1(c2cc3c(cc2Br)OCO3)CCCC1. The molecule has 1 aromatic carbocycles. The predicted molar refractivity (Wildman–Crippen MR) is 64.6 cm³/mol. The van der Waals surface area contributed by atoms with Gasteiger partial charge in [-0.15, -0.1) is 0 Å². The van der Waals surface area contributed by atoms with Crippen LogP contribution in [0.4, 0.5) is 0 Å². The molecule has 1 fully saturated rings. The third-order valence-corrected chi connectivity index (χ3v) is 4.15. The molecule has 1 aliphatic heterocycles. The standard InChI is InChI=1S/C12H14BrNO2/c13-9-6-11-10(15-7-16-11)5-8(9)12(14)3-1-2-4-12/h5-6H,1-4,7,14H2. The summed E-state index contributed by atoms with van der Waals surface area (Å²) in [4.78, 5) is 0. The second-order valence-corrected chi connectivity index (χ2v) is 5.40. The van der Waals surface area contributed by atoms with Gasteiger partial charge in [0.2, 0.25) is 6.79 Å². The Bertz CT molecular complexity index is 427. The van der Waals surface area contributed by atoms with Crippen LogP contribution in [0.5, 0.6) is 11.5 Å². The van der Waals surface area contributed by atoms with Crippen molar-refractivity contribution in [1.29, 1.82) is 0 Å². The molecular formula is C12H14BrNO2. The predicted octanol–water partition coefficient (Wildman–Crippen LogP) is 2.91. The van der Waals surface area contributed by atoms with E-state index in [-0.39, 0.29) is 5.54 Å². The number of rotatable bonds is 1. The maximum Gasteiger partial charge on any atom is 0.231 e. The average Bonchev–Trinajstić information content (AvgIpc) is 2.85. The molecule has 0 unspecified atom stereocenters. The van der Waals surface area contributed by atoms with Crippen molar-refractivity contribution in [3.8, 4) is 11.5 Å². The van der Waals surface area contributed by atoms with Gasteiger partial charge < -0.3 is 15.2 Å². The van der Waals surface area contributed by atoms with Crippen molar-refractivity contribution >= 4 is 15.9 Å². The quantitative estimate of drug-likeness (QED) is 0.862. The minimum atomic E-state index is -0.195. The zero-order valence-corrected chi connectivity index (χ0v) is 10.5. The maximum atomic E-state index is 6.45. The van der Waals surface area contributed by atoms with E-state index in [4.69, 9.17) is 15.2 Å². The molecule has 1 aliphatic carbocycles. The number of hydrogen-bond donors (Lipinski definition) is 1. The van der Waals surface area contributed by atoms with Crippen LogP contribution >= 0.6 is 15.9 Å². The van der Waals surface area contributed by atoms with Crippen molar-refractivity contribution in [3.05, 3.63) is 22.2 Å². The summed E-state index contributed by atoms with van der Waals surface area (Å²) < 4.78 is 11.8. The minimum Gasteiger partial charge on any atom is -0.454 e. The Morgan fingerprint density at radius 2 is 1.75 bits per heavy atom. The van der Waals surface area contributed by atoms with Gasteiger partial charge in [-0.2, -0.15) is 0 Å². The number of ether oxygens (including phenoxy) is 2. The molecule has 0 radical (unpaired) electrons. The minimum absolute atomic E-state index is 0.195. The van der Waals surface area contributed by atoms with Gasteiger partial charge in [-0.25, -0.2) is 0 Å². The highest BCUT2D eigenvalue weighted by molar-refractivity contribution is 9.10. The monoisotopic (exact) mass is 283 g/mol. The van der Waals surface area contributed by atoms with Crippen LogP contribution in [0.25, 0.3) is 0 Å². The second kappa shape index (κ2) is 3.64. The van der Waals surface area contributed by atoms with Crippen LogP contribution in [0.15, 0.2) is 16.6 Å². The number of fused-ring (bicyclic) bond motifs is 1. The molecule has 1 saturated carbocycles. The summed E-state index contributed by atoms with van der Waals surface area (Å²) >= 11 is 3.58. The molecule has 2 aliphatic rings. The van der Waals surface area contributed by atoms with Gasteiger partial charge in [0.05, 0.1) is 0 Å². The third-order valence-electron chi connectivity index (χ3n) is 3.49. The van der Waals surface area contributed by atoms with Crippen molar-refractivity contribution in [2.24, 2.45) is 5.73 Å². The summed E-state index contributed by atoms with van der Waals surface area (Å²) in [6.45, 7) is 0.308. The van der Waals surface area contributed by atoms with E-state index in [1.165, 1.54) is 12.8 Å². The summed E-state index contributed by atoms with van der Waals surface area (Å²) in [5, 5.41) is 0. The lowest BCUT2D eigenvalue weighted by atomic mass is 9.89. The Hall–Kier alpha value is -0.740. The molecule has 3 nitrogen and oxygen atoms in total. The van der Waals surface area contributed by atoms with Crippen molar-refractivity contribution in [3.63, 3.8) is 0 Å². The van der Waals surface area contributed by atoms with Gasteiger partial charge in [0, 0.05) is 10.0 Å². The van der Waals surface area contributed by atoms with E-state index < -0.39 is 0 Å². The first-order valence-electron chi connectivity index (χ1n) is 5.58. The highest BCUT2D eigenvalue weighted by Crippen LogP contribution is 2.45. The molecule has 0 amide bonds. The van der Waals surface area contributed by atoms with Crippen LogP contribution in [-0.4, -0.2) is 6.79 Å². The fourth-order valence-electron chi connectivity index (χ4n) is 2.57. The molecule has 2 N–H and O–H groups in total. The average molecular weight is 284 g/mol. The second-order valence-electron chi connectivity index (χ2n) is 4.55. The number of nitrogens with two attached hydrogens (primary N) is 1. The van der Waals surface area contributed by atoms with Gasteiger partial charge in [0.15, 0.2) is 11.5 Å². The first kappa shape index (κ1) is 10.4. The molecule has 0 aromatic heterocycles. The van der Waals surface area contributed by atoms with Crippen LogP contribution in [-0.2, 0) is 5.54 Å². The van der Waals surface area contributed by atoms with E-state index >= 15 is 0 Å². The van der Waals surface area contributed by atoms with E-state index in [1.807, 2.05) is 12.1 Å². The Kier molecular flexibility index (Phi) is 2.37. The molecule has 16 heavy (non-hydrogen) atoms. The third kappa shape index (κ3) is 1.52. The van der Waals surface area contributed by atoms with Gasteiger partial charge >= 0.3 is 0 Å². The van der Waals surface area contributed by atoms with Crippen LogP contribution in [0.1, 0.15) is 31.2 Å². The van der Waals surface area contributed by atoms with E-state index in [0.29, 0.717) is 6.79 Å². The Labute approximate surface area is 103 Å². The molecule has 3 rings (SSSR count). The molecule has 0 atom stereocenters. The van der Waals surface area contributed by atoms with E-state index in [9.17, 15) is 0 Å². The summed E-state index contributed by atoms with van der Waals surface area (Å²) in [5.41, 5.74) is 7.40. The number of benzene rings is 1. The van der Waals surface area contributed by atoms with Crippen molar-refractivity contribution in [2.45, 2.75) is 31.2 Å². The molecule has 1 aromatic rings. The zero-order chi connectivity index (χ0) is 11.2. The fraction of sp³-hybridized carbons (Fsp3) is 0.500. The Balaban J connectivity index is 2.07. The summed E-state index contributed by atoms with van der Waals surface area (Å²) in [6, 6.07) is 3.99. The lowest BCUT2D eigenvalue weighted by Gasteiger charge is -2.25. The Morgan fingerprint density at radius 1 is 1.12 bits per heavy atom. The zero-order valence-electron chi connectivity index (χ0n) is 8.96. The lowest BCUT2D eigenvalue weighted by molar-refractivity contribution is 0.174. The van der Waals surface area contributed by atoms with E-state index in [1.54, 1.807) is 0 Å². The van der Waals surface area contributed by atoms with Crippen LogP contribution < -0.4 is 15.2 Å². The Morgan fingerprint density at radius 3 is 2.44 bits per heavy atom. The lowest BCUT2D eigenvalue weighted by Crippen LogP contribution is -2.33. The van der Waals surface area contributed by atoms with Crippen LogP contribution in [0.3, 0.4) is 0 Å². The summed E-state index contributed by atoms with van der Waals surface area (Å²) in [7, 11) is 0. The molecule has 0 spiro atoms. The molecule has 0 bridgehead atoms. The highest BCUT2D eigenvalue weighted by atomic mass is 79.9. The van der Waals surface area contributed by atoms with Crippen LogP contribution in [0.2, 0.25) is 0 Å². The fourth-order valence-corrected chi connectivity index (χ4v) is 3.29. The van der Waals surface area contributed by atoms with Crippen molar-refractivity contribution < 1.29 is 9.47 Å². The van der Waals surface area contributed by atoms with Crippen LogP contribution in [0, 0.1) is 0 Å². The van der Waals surface area contributed by atoms with Gasteiger partial charge in [0.25, 0.3) is 0 Å². The van der Waals surface area contributed by atoms with Gasteiger partial charge in [-0.1, -0.05) is 28.8 Å². The normalized spacial score (nSPS) is 21.4. The first-order valence-corrected chi connectivity index (χ1v) is 6.37. The van der Waals surface area contributed by atoms with Gasteiger partial charge in [-0.3, -0.25) is 0 Å². The smallest absolute Gasteiger partial charge is 0.231 e. The number of halogens is 1. The molecule has 4 heteroatoms. The topological polar surface area (TPSA) is 44.5 Å². The molecule has 86 valence electrons. The van der Waals surface area contributed by atoms with Gasteiger partial charge in [0.1, 0.15) is 0 Å². The van der Waals surface area contributed by atoms with Crippen molar-refractivity contribution in [2.75, 3.05) is 6.79 Å². The molecule has 1 heterocycles. The van der Waals surface area contributed by atoms with Crippen molar-refractivity contribution in [1.82, 2.24) is 0 Å². The summed E-state index contributed by atoms with van der Waals surface area (Å²) in [6.07, 6.45) is 4.51. The maximum absolute atomic E-state index is 6.45. The molecular weight excluding hydrogens is 270 g/mol. The number of hydrogen-bond acceptors (Lipinski definition) is 3. The first-order chi connectivity index (χ1) is 7.69. The van der Waals surface area contributed by atoms with Gasteiger partial charge in [-0.05, 0) is 30.5 Å². The van der Waals surface area contributed by atoms with E-state index in [0.717, 1.165) is 34.4 Å². The summed E-state index contributed by atoms with van der Waals surface area (Å²) in [5.74, 6) is 1.62. The molecule has 0 saturated heterocycles. The highest BCUT2D eigenvalue weighted by Gasteiger charge is 2.34. The van der Waals surface area contributed by atoms with E-state index in [2.05, 4.69) is 15.9 Å².